The molecule has 0 saturated carbocycles. The van der Waals surface area contributed by atoms with Gasteiger partial charge in [-0.15, -0.1) is 0 Å². The average molecular weight is 466 g/mol. The summed E-state index contributed by atoms with van der Waals surface area (Å²) in [6, 6.07) is 9.05. The molecule has 2 nitrogen and oxygen atoms in total. The zero-order chi connectivity index (χ0) is 23.1. The first kappa shape index (κ1) is 29.5. The number of unbranched alkanes of at least 4 members (excludes halogenated alkanes) is 15. The molecule has 0 heterocycles. The molecule has 0 spiro atoms. The summed E-state index contributed by atoms with van der Waals surface area (Å²) in [7, 11) is 0.102. The Morgan fingerprint density at radius 2 is 0.906 bits per heavy atom. The third-order valence-corrected chi connectivity index (χ3v) is 8.73. The van der Waals surface area contributed by atoms with Crippen molar-refractivity contribution in [3.63, 3.8) is 0 Å². The van der Waals surface area contributed by atoms with Crippen molar-refractivity contribution in [1.82, 2.24) is 0 Å². The van der Waals surface area contributed by atoms with E-state index in [0.717, 1.165) is 17.3 Å². The summed E-state index contributed by atoms with van der Waals surface area (Å²) in [6.07, 6.45) is 23.9. The lowest BCUT2D eigenvalue weighted by Crippen LogP contribution is -2.19. The van der Waals surface area contributed by atoms with Crippen molar-refractivity contribution in [3.05, 3.63) is 35.4 Å². The zero-order valence-electron chi connectivity index (χ0n) is 21.2. The Morgan fingerprint density at radius 3 is 1.31 bits per heavy atom. The molecule has 32 heavy (non-hydrogen) atoms. The van der Waals surface area contributed by atoms with Crippen molar-refractivity contribution in [2.45, 2.75) is 122 Å². The maximum Gasteiger partial charge on any atom is 0.133 e. The van der Waals surface area contributed by atoms with Crippen molar-refractivity contribution in [2.75, 3.05) is 24.7 Å². The topological polar surface area (TPSA) is 40.5 Å². The van der Waals surface area contributed by atoms with E-state index in [2.05, 4.69) is 31.2 Å². The van der Waals surface area contributed by atoms with Crippen molar-refractivity contribution >= 4 is 10.9 Å². The highest BCUT2D eigenvalue weighted by Gasteiger charge is 2.17. The Labute approximate surface area is 203 Å². The van der Waals surface area contributed by atoms with Crippen molar-refractivity contribution in [2.24, 2.45) is 0 Å². The fourth-order valence-electron chi connectivity index (χ4n) is 4.42. The summed E-state index contributed by atoms with van der Waals surface area (Å²) in [5, 5.41) is 18.4. The second-order valence-corrected chi connectivity index (χ2v) is 11.8. The number of aliphatic hydroxyl groups is 2. The van der Waals surface area contributed by atoms with Crippen LogP contribution in [0.3, 0.4) is 0 Å². The van der Waals surface area contributed by atoms with E-state index in [4.69, 9.17) is 0 Å². The summed E-state index contributed by atoms with van der Waals surface area (Å²) < 4.78 is 0. The van der Waals surface area contributed by atoms with Gasteiger partial charge in [-0.25, -0.2) is 0 Å². The minimum Gasteiger partial charge on any atom is -0.391 e. The van der Waals surface area contributed by atoms with Gasteiger partial charge in [0.1, 0.15) is 17.3 Å². The first-order chi connectivity index (χ1) is 15.8. The lowest BCUT2D eigenvalue weighted by molar-refractivity contribution is 0.316. The second kappa shape index (κ2) is 22.3. The number of rotatable bonds is 23. The van der Waals surface area contributed by atoms with Gasteiger partial charge in [0.25, 0.3) is 0 Å². The highest BCUT2D eigenvalue weighted by atomic mass is 32.2. The van der Waals surface area contributed by atoms with Crippen LogP contribution >= 0.6 is 0 Å². The van der Waals surface area contributed by atoms with Crippen LogP contribution in [-0.2, 0) is 23.1 Å². The standard InChI is InChI=1S/C29H53O2S/c1-2-3-4-5-6-7-8-9-10-11-12-13-14-15-16-17-18-28-19-21-29(22-20-28)27-32(25-23-30)26-24-31/h19-22,30-31H,2-18,23-27H2,1H3/q+1. The average Bonchev–Trinajstić information content (AvgIpc) is 2.80. The van der Waals surface area contributed by atoms with Gasteiger partial charge in [0.2, 0.25) is 0 Å². The van der Waals surface area contributed by atoms with E-state index in [1.807, 2.05) is 0 Å². The first-order valence-electron chi connectivity index (χ1n) is 13.7. The molecule has 0 amide bonds. The van der Waals surface area contributed by atoms with E-state index in [-0.39, 0.29) is 24.1 Å². The largest absolute Gasteiger partial charge is 0.391 e. The van der Waals surface area contributed by atoms with E-state index in [9.17, 15) is 10.2 Å². The van der Waals surface area contributed by atoms with Crippen LogP contribution in [-0.4, -0.2) is 34.9 Å². The maximum atomic E-state index is 9.18. The number of aryl methyl sites for hydroxylation is 1. The third-order valence-electron chi connectivity index (χ3n) is 6.47. The molecule has 1 rings (SSSR count). The Hall–Kier alpha value is -0.510. The molecule has 186 valence electrons. The van der Waals surface area contributed by atoms with E-state index < -0.39 is 0 Å². The van der Waals surface area contributed by atoms with Crippen LogP contribution in [0.4, 0.5) is 0 Å². The van der Waals surface area contributed by atoms with Crippen molar-refractivity contribution in [3.8, 4) is 0 Å². The van der Waals surface area contributed by atoms with Gasteiger partial charge in [-0.1, -0.05) is 128 Å². The molecule has 3 heteroatoms. The van der Waals surface area contributed by atoms with Gasteiger partial charge in [-0.05, 0) is 29.3 Å². The van der Waals surface area contributed by atoms with Crippen LogP contribution in [0, 0.1) is 0 Å². The molecule has 0 fully saturated rings. The van der Waals surface area contributed by atoms with Gasteiger partial charge in [0, 0.05) is 5.56 Å². The van der Waals surface area contributed by atoms with E-state index in [0.29, 0.717) is 0 Å². The molecule has 0 unspecified atom stereocenters. The predicted octanol–water partition coefficient (Wildman–Crippen LogP) is 7.59. The van der Waals surface area contributed by atoms with Gasteiger partial charge in [-0.3, -0.25) is 0 Å². The molecular formula is C29H53O2S+. The number of benzene rings is 1. The molecule has 0 aliphatic heterocycles. The smallest absolute Gasteiger partial charge is 0.133 e. The highest BCUT2D eigenvalue weighted by molar-refractivity contribution is 7.96. The van der Waals surface area contributed by atoms with Gasteiger partial charge in [0.05, 0.1) is 13.2 Å². The van der Waals surface area contributed by atoms with Crippen LogP contribution in [0.5, 0.6) is 0 Å². The summed E-state index contributed by atoms with van der Waals surface area (Å²) >= 11 is 0. The first-order valence-corrected chi connectivity index (χ1v) is 15.5. The molecule has 0 saturated heterocycles. The molecule has 0 aromatic heterocycles. The molecule has 0 bridgehead atoms. The van der Waals surface area contributed by atoms with Crippen LogP contribution in [0.2, 0.25) is 0 Å². The minimum atomic E-state index is 0.102. The van der Waals surface area contributed by atoms with Crippen LogP contribution < -0.4 is 0 Å². The zero-order valence-corrected chi connectivity index (χ0v) is 22.0. The molecule has 1 aromatic rings. The molecular weight excluding hydrogens is 412 g/mol. The van der Waals surface area contributed by atoms with Gasteiger partial charge < -0.3 is 10.2 Å². The predicted molar refractivity (Wildman–Crippen MR) is 145 cm³/mol. The quantitative estimate of drug-likeness (QED) is 0.129. The molecule has 0 aliphatic rings. The van der Waals surface area contributed by atoms with Crippen molar-refractivity contribution in [1.29, 1.82) is 0 Å². The normalized spacial score (nSPS) is 11.5. The Kier molecular flexibility index (Phi) is 20.6. The van der Waals surface area contributed by atoms with Gasteiger partial charge in [-0.2, -0.15) is 0 Å². The second-order valence-electron chi connectivity index (χ2n) is 9.48. The molecule has 0 aliphatic carbocycles. The SMILES string of the molecule is CCCCCCCCCCCCCCCCCCc1ccc(C[S+](CCO)CCO)cc1. The molecule has 0 atom stereocenters. The van der Waals surface area contributed by atoms with Gasteiger partial charge in [0.15, 0.2) is 0 Å². The summed E-state index contributed by atoms with van der Waals surface area (Å²) in [6.45, 7) is 2.74. The summed E-state index contributed by atoms with van der Waals surface area (Å²) in [5.41, 5.74) is 2.79. The van der Waals surface area contributed by atoms with E-state index in [1.165, 1.54) is 120 Å². The van der Waals surface area contributed by atoms with Crippen LogP contribution in [0.1, 0.15) is 121 Å². The Balaban J connectivity index is 1.93. The molecule has 0 radical (unpaired) electrons. The van der Waals surface area contributed by atoms with Crippen LogP contribution in [0.25, 0.3) is 0 Å². The van der Waals surface area contributed by atoms with Gasteiger partial charge >= 0.3 is 0 Å². The van der Waals surface area contributed by atoms with E-state index >= 15 is 0 Å². The lowest BCUT2D eigenvalue weighted by Gasteiger charge is -2.08. The van der Waals surface area contributed by atoms with Crippen LogP contribution in [0.15, 0.2) is 24.3 Å². The minimum absolute atomic E-state index is 0.102. The highest BCUT2D eigenvalue weighted by Crippen LogP contribution is 2.16. The van der Waals surface area contributed by atoms with Crippen molar-refractivity contribution < 1.29 is 10.2 Å². The third kappa shape index (κ3) is 17.0. The fraction of sp³-hybridized carbons (Fsp3) is 0.793. The maximum absolute atomic E-state index is 9.18. The molecule has 1 aromatic carbocycles. The Bertz CT molecular complexity index is 496. The number of hydrogen-bond acceptors (Lipinski definition) is 2. The Morgan fingerprint density at radius 1 is 0.531 bits per heavy atom. The molecule has 2 N–H and O–H groups in total. The number of aliphatic hydroxyl groups excluding tert-OH is 2. The lowest BCUT2D eigenvalue weighted by atomic mass is 10.0. The fourth-order valence-corrected chi connectivity index (χ4v) is 6.09. The van der Waals surface area contributed by atoms with E-state index in [1.54, 1.807) is 0 Å². The summed E-state index contributed by atoms with van der Waals surface area (Å²) in [4.78, 5) is 0. The summed E-state index contributed by atoms with van der Waals surface area (Å²) in [5.74, 6) is 2.60. The monoisotopic (exact) mass is 465 g/mol. The number of hydrogen-bond donors (Lipinski definition) is 2.